The monoisotopic (exact) mass is 609 g/mol. The highest BCUT2D eigenvalue weighted by Gasteiger charge is 2.23. The summed E-state index contributed by atoms with van der Waals surface area (Å²) in [5.74, 6) is -0.595. The van der Waals surface area contributed by atoms with E-state index < -0.39 is 17.8 Å². The molecular weight excluding hydrogens is 573 g/mol. The topological polar surface area (TPSA) is 141 Å². The summed E-state index contributed by atoms with van der Waals surface area (Å²) < 4.78 is 15.0. The third-order valence-electron chi connectivity index (χ3n) is 8.11. The fraction of sp³-hybridized carbons (Fsp3) is 0.303. The number of aromatic nitrogens is 5. The molecule has 3 aromatic heterocycles. The molecule has 2 atom stereocenters. The summed E-state index contributed by atoms with van der Waals surface area (Å²) in [6.07, 6.45) is 3.99. The van der Waals surface area contributed by atoms with Gasteiger partial charge in [-0.3, -0.25) is 9.78 Å². The van der Waals surface area contributed by atoms with Crippen LogP contribution < -0.4 is 21.3 Å². The SMILES string of the molecule is C=C(F)C(=O)Nc1ccc2c(-c3ccccc3CNc3nc(NCC4CCNC[C@@H]4O)nc4c(C(C)C)cnn34)nccc2c1. The van der Waals surface area contributed by atoms with Crippen LogP contribution in [0.2, 0.25) is 0 Å². The van der Waals surface area contributed by atoms with Crippen molar-refractivity contribution in [3.05, 3.63) is 84.5 Å². The van der Waals surface area contributed by atoms with Crippen LogP contribution in [-0.2, 0) is 11.3 Å². The summed E-state index contributed by atoms with van der Waals surface area (Å²) in [4.78, 5) is 26.1. The number of piperidine rings is 1. The zero-order valence-corrected chi connectivity index (χ0v) is 25.2. The van der Waals surface area contributed by atoms with Crippen molar-refractivity contribution in [2.45, 2.75) is 38.8 Å². The number of carbonyl (C=O) groups excluding carboxylic acids is 1. The molecule has 232 valence electrons. The number of hydrogen-bond donors (Lipinski definition) is 5. The largest absolute Gasteiger partial charge is 0.391 e. The number of aliphatic hydroxyl groups is 1. The fourth-order valence-corrected chi connectivity index (χ4v) is 5.60. The molecule has 1 unspecified atom stereocenters. The molecule has 45 heavy (non-hydrogen) atoms. The molecule has 0 spiro atoms. The van der Waals surface area contributed by atoms with Crippen molar-refractivity contribution < 1.29 is 14.3 Å². The highest BCUT2D eigenvalue weighted by atomic mass is 19.1. The van der Waals surface area contributed by atoms with Gasteiger partial charge >= 0.3 is 0 Å². The first-order valence-corrected chi connectivity index (χ1v) is 15.0. The van der Waals surface area contributed by atoms with Crippen molar-refractivity contribution in [2.24, 2.45) is 5.92 Å². The molecular formula is C33H36FN9O2. The molecule has 5 aromatic rings. The Morgan fingerprint density at radius 2 is 2.02 bits per heavy atom. The van der Waals surface area contributed by atoms with Gasteiger partial charge in [-0.05, 0) is 48.0 Å². The maximum Gasteiger partial charge on any atom is 0.283 e. The first-order valence-electron chi connectivity index (χ1n) is 15.0. The summed E-state index contributed by atoms with van der Waals surface area (Å²) in [6.45, 7) is 9.70. The van der Waals surface area contributed by atoms with Crippen LogP contribution in [0.4, 0.5) is 22.0 Å². The van der Waals surface area contributed by atoms with Gasteiger partial charge in [0, 0.05) is 53.9 Å². The Hall–Kier alpha value is -4.94. The number of amides is 1. The van der Waals surface area contributed by atoms with Crippen LogP contribution in [0.25, 0.3) is 27.7 Å². The molecule has 11 nitrogen and oxygen atoms in total. The quantitative estimate of drug-likeness (QED) is 0.140. The zero-order chi connectivity index (χ0) is 31.5. The van der Waals surface area contributed by atoms with Crippen LogP contribution in [0.1, 0.15) is 37.3 Å². The number of benzene rings is 2. The van der Waals surface area contributed by atoms with E-state index in [2.05, 4.69) is 46.8 Å². The first-order chi connectivity index (χ1) is 21.8. The highest BCUT2D eigenvalue weighted by molar-refractivity contribution is 6.04. The normalized spacial score (nSPS) is 16.6. The van der Waals surface area contributed by atoms with Gasteiger partial charge < -0.3 is 26.4 Å². The van der Waals surface area contributed by atoms with Crippen molar-refractivity contribution in [1.29, 1.82) is 0 Å². The number of rotatable bonds is 10. The number of aliphatic hydroxyl groups excluding tert-OH is 1. The predicted molar refractivity (Wildman–Crippen MR) is 174 cm³/mol. The second-order valence-corrected chi connectivity index (χ2v) is 11.5. The van der Waals surface area contributed by atoms with Crippen LogP contribution in [0, 0.1) is 5.92 Å². The Morgan fingerprint density at radius 3 is 2.82 bits per heavy atom. The van der Waals surface area contributed by atoms with E-state index in [4.69, 9.17) is 15.0 Å². The molecule has 0 radical (unpaired) electrons. The van der Waals surface area contributed by atoms with Gasteiger partial charge in [-0.1, -0.05) is 50.8 Å². The summed E-state index contributed by atoms with van der Waals surface area (Å²) >= 11 is 0. The number of hydrogen-bond acceptors (Lipinski definition) is 9. The number of pyridine rings is 1. The first kappa shape index (κ1) is 30.1. The van der Waals surface area contributed by atoms with E-state index >= 15 is 0 Å². The Balaban J connectivity index is 1.29. The molecule has 12 heteroatoms. The summed E-state index contributed by atoms with van der Waals surface area (Å²) in [7, 11) is 0. The van der Waals surface area contributed by atoms with Crippen molar-refractivity contribution in [3.63, 3.8) is 0 Å². The van der Waals surface area contributed by atoms with Gasteiger partial charge in [0.15, 0.2) is 11.5 Å². The van der Waals surface area contributed by atoms with Crippen LogP contribution in [0.15, 0.2) is 73.3 Å². The minimum atomic E-state index is -1.05. The van der Waals surface area contributed by atoms with E-state index in [0.29, 0.717) is 37.2 Å². The number of fused-ring (bicyclic) bond motifs is 2. The molecule has 1 fully saturated rings. The number of anilines is 3. The molecule has 0 bridgehead atoms. The number of nitrogens with one attached hydrogen (secondary N) is 4. The van der Waals surface area contributed by atoms with Gasteiger partial charge in [0.1, 0.15) is 0 Å². The fourth-order valence-electron chi connectivity index (χ4n) is 5.60. The maximum atomic E-state index is 13.2. The standard InChI is InChI=1S/C33H36FN9O2/c1-19(2)27-17-39-43-30(27)41-32(37-16-23-10-12-35-18-28(23)44)42-33(43)38-15-22-6-4-5-7-25(22)29-26-9-8-24(40-31(45)20(3)34)14-21(26)11-13-36-29/h4-9,11,13-14,17,19,23,28,35,44H,3,10,12,15-16,18H2,1-2H3,(H,40,45)(H2,37,38,41,42)/t23?,28-/m0/s1. The molecule has 1 saturated heterocycles. The van der Waals surface area contributed by atoms with Crippen LogP contribution in [-0.4, -0.2) is 61.3 Å². The minimum Gasteiger partial charge on any atom is -0.391 e. The Morgan fingerprint density at radius 1 is 1.18 bits per heavy atom. The van der Waals surface area contributed by atoms with Crippen molar-refractivity contribution in [3.8, 4) is 11.3 Å². The van der Waals surface area contributed by atoms with Gasteiger partial charge in [0.05, 0.1) is 18.0 Å². The van der Waals surface area contributed by atoms with Crippen LogP contribution in [0.5, 0.6) is 0 Å². The Labute approximate surface area is 260 Å². The number of halogens is 1. The highest BCUT2D eigenvalue weighted by Crippen LogP contribution is 2.31. The Kier molecular flexibility index (Phi) is 8.67. The van der Waals surface area contributed by atoms with Gasteiger partial charge in [0.2, 0.25) is 11.9 Å². The number of carbonyl (C=O) groups is 1. The van der Waals surface area contributed by atoms with Gasteiger partial charge in [-0.25, -0.2) is 4.39 Å². The van der Waals surface area contributed by atoms with Crippen molar-refractivity contribution >= 4 is 39.9 Å². The summed E-state index contributed by atoms with van der Waals surface area (Å²) in [5, 5.41) is 29.3. The molecule has 4 heterocycles. The Bertz CT molecular complexity index is 1870. The van der Waals surface area contributed by atoms with Crippen molar-refractivity contribution in [1.82, 2.24) is 29.9 Å². The lowest BCUT2D eigenvalue weighted by Crippen LogP contribution is -2.43. The van der Waals surface area contributed by atoms with Gasteiger partial charge in [0.25, 0.3) is 5.91 Å². The van der Waals surface area contributed by atoms with Gasteiger partial charge in [-0.2, -0.15) is 19.6 Å². The van der Waals surface area contributed by atoms with E-state index in [9.17, 15) is 14.3 Å². The van der Waals surface area contributed by atoms with E-state index in [-0.39, 0.29) is 11.8 Å². The maximum absolute atomic E-state index is 13.2. The zero-order valence-electron chi connectivity index (χ0n) is 25.2. The lowest BCUT2D eigenvalue weighted by atomic mass is 9.95. The van der Waals surface area contributed by atoms with Crippen LogP contribution >= 0.6 is 0 Å². The third-order valence-corrected chi connectivity index (χ3v) is 8.11. The average molecular weight is 610 g/mol. The van der Waals surface area contributed by atoms with Gasteiger partial charge in [-0.15, -0.1) is 0 Å². The van der Waals surface area contributed by atoms with Crippen molar-refractivity contribution in [2.75, 3.05) is 35.6 Å². The van der Waals surface area contributed by atoms with E-state index in [1.807, 2.05) is 42.6 Å². The van der Waals surface area contributed by atoms with E-state index in [0.717, 1.165) is 51.8 Å². The smallest absolute Gasteiger partial charge is 0.283 e. The second-order valence-electron chi connectivity index (χ2n) is 11.5. The molecule has 1 aliphatic heterocycles. The lowest BCUT2D eigenvalue weighted by Gasteiger charge is -2.28. The molecule has 0 aliphatic carbocycles. The molecule has 0 saturated carbocycles. The molecule has 1 aliphatic rings. The third kappa shape index (κ3) is 6.47. The average Bonchev–Trinajstić information content (AvgIpc) is 3.48. The van der Waals surface area contributed by atoms with Crippen LogP contribution in [0.3, 0.4) is 0 Å². The number of nitrogens with zero attached hydrogens (tertiary/aromatic N) is 5. The van der Waals surface area contributed by atoms with E-state index in [1.165, 1.54) is 0 Å². The lowest BCUT2D eigenvalue weighted by molar-refractivity contribution is -0.114. The minimum absolute atomic E-state index is 0.104. The summed E-state index contributed by atoms with van der Waals surface area (Å²) in [5.41, 5.74) is 4.88. The molecule has 6 rings (SSSR count). The van der Waals surface area contributed by atoms with E-state index in [1.54, 1.807) is 22.8 Å². The molecule has 1 amide bonds. The second kappa shape index (κ2) is 13.0. The molecule has 5 N–H and O–H groups in total. The molecule has 2 aromatic carbocycles. The predicted octanol–water partition coefficient (Wildman–Crippen LogP) is 4.88. The number of β-amino-alcohol motifs (C(OH)–C–C–N with tert-alkyl or cyclic N) is 1. The summed E-state index contributed by atoms with van der Waals surface area (Å²) in [6, 6.07) is 15.2.